The van der Waals surface area contributed by atoms with Crippen molar-refractivity contribution in [3.63, 3.8) is 0 Å². The molecule has 2 aromatic rings. The molecule has 1 aliphatic rings. The third-order valence-electron chi connectivity index (χ3n) is 3.77. The number of hydrogen-bond donors (Lipinski definition) is 0. The van der Waals surface area contributed by atoms with Gasteiger partial charge in [0.1, 0.15) is 6.54 Å². The molecular weight excluding hydrogens is 282 g/mol. The van der Waals surface area contributed by atoms with Crippen LogP contribution in [0.5, 0.6) is 0 Å². The zero-order valence-corrected chi connectivity index (χ0v) is 13.4. The summed E-state index contributed by atoms with van der Waals surface area (Å²) in [6, 6.07) is 8.56. The molecule has 2 heterocycles. The van der Waals surface area contributed by atoms with Crippen LogP contribution >= 0.6 is 11.3 Å². The Labute approximate surface area is 129 Å². The van der Waals surface area contributed by atoms with Crippen molar-refractivity contribution in [1.29, 1.82) is 0 Å². The van der Waals surface area contributed by atoms with Gasteiger partial charge >= 0.3 is 0 Å². The van der Waals surface area contributed by atoms with Gasteiger partial charge in [-0.15, -0.1) is 11.3 Å². The molecule has 0 unspecified atom stereocenters. The van der Waals surface area contributed by atoms with Crippen molar-refractivity contribution in [2.75, 3.05) is 25.2 Å². The van der Waals surface area contributed by atoms with Crippen molar-refractivity contribution in [3.05, 3.63) is 35.2 Å². The van der Waals surface area contributed by atoms with Crippen molar-refractivity contribution < 1.29 is 4.79 Å². The molecule has 1 saturated heterocycles. The molecule has 110 valence electrons. The number of rotatable bonds is 3. The Bertz CT molecular complexity index is 648. The zero-order valence-electron chi connectivity index (χ0n) is 12.5. The number of thiazole rings is 1. The summed E-state index contributed by atoms with van der Waals surface area (Å²) in [5.41, 5.74) is 3.44. The van der Waals surface area contributed by atoms with Crippen molar-refractivity contribution >= 4 is 22.4 Å². The first-order valence-corrected chi connectivity index (χ1v) is 7.97. The largest absolute Gasteiger partial charge is 0.326 e. The second-order valence-electron chi connectivity index (χ2n) is 5.72. The van der Waals surface area contributed by atoms with Crippen LogP contribution in [0.1, 0.15) is 25.3 Å². The Morgan fingerprint density at radius 1 is 1.24 bits per heavy atom. The monoisotopic (exact) mass is 301 g/mol. The number of nitrogens with zero attached hydrogens (tertiary/aromatic N) is 3. The molecule has 0 spiro atoms. The first kappa shape index (κ1) is 14.1. The first-order valence-electron chi connectivity index (χ1n) is 7.09. The maximum absolute atomic E-state index is 11.6. The molecule has 0 N–H and O–H groups in total. The molecule has 0 saturated carbocycles. The molecule has 21 heavy (non-hydrogen) atoms. The van der Waals surface area contributed by atoms with Crippen LogP contribution < -0.4 is 4.90 Å². The van der Waals surface area contributed by atoms with Gasteiger partial charge in [-0.25, -0.2) is 4.98 Å². The third-order valence-corrected chi connectivity index (χ3v) is 4.67. The molecule has 1 aromatic carbocycles. The number of likely N-dealkylation sites (N-methyl/N-ethyl adjacent to an activating group) is 1. The van der Waals surface area contributed by atoms with E-state index < -0.39 is 0 Å². The second-order valence-corrected chi connectivity index (χ2v) is 6.56. The highest BCUT2D eigenvalue weighted by Crippen LogP contribution is 2.29. The quantitative estimate of drug-likeness (QED) is 0.873. The number of amides is 1. The highest BCUT2D eigenvalue weighted by molar-refractivity contribution is 7.14. The lowest BCUT2D eigenvalue weighted by molar-refractivity contribution is -0.125. The standard InChI is InChI=1S/C16H19N3OS/c1-11(2)12-4-6-13(7-5-12)14-9-21-16(17-14)19-8-15(20)18(3)10-19/h4-7,9,11H,8,10H2,1-3H3. The molecule has 0 atom stereocenters. The first-order chi connectivity index (χ1) is 10.0. The summed E-state index contributed by atoms with van der Waals surface area (Å²) in [6.07, 6.45) is 0. The number of aromatic nitrogens is 1. The predicted octanol–water partition coefficient (Wildman–Crippen LogP) is 3.17. The molecule has 0 bridgehead atoms. The maximum atomic E-state index is 11.6. The van der Waals surface area contributed by atoms with Gasteiger partial charge in [0.2, 0.25) is 5.91 Å². The lowest BCUT2D eigenvalue weighted by Gasteiger charge is -2.12. The van der Waals surface area contributed by atoms with E-state index in [1.807, 2.05) is 11.9 Å². The number of hydrogen-bond acceptors (Lipinski definition) is 4. The number of carbonyl (C=O) groups excluding carboxylic acids is 1. The minimum absolute atomic E-state index is 0.146. The smallest absolute Gasteiger partial charge is 0.243 e. The average molecular weight is 301 g/mol. The molecular formula is C16H19N3OS. The Morgan fingerprint density at radius 3 is 2.52 bits per heavy atom. The van der Waals surface area contributed by atoms with Crippen LogP contribution in [0, 0.1) is 0 Å². The average Bonchev–Trinajstić information content (AvgIpc) is 3.07. The lowest BCUT2D eigenvalue weighted by atomic mass is 10.0. The fraction of sp³-hybridized carbons (Fsp3) is 0.375. The van der Waals surface area contributed by atoms with Crippen LogP contribution in [0.2, 0.25) is 0 Å². The van der Waals surface area contributed by atoms with Gasteiger partial charge in [0.25, 0.3) is 0 Å². The van der Waals surface area contributed by atoms with Gasteiger partial charge in [0, 0.05) is 18.0 Å². The van der Waals surface area contributed by atoms with Crippen molar-refractivity contribution in [2.45, 2.75) is 19.8 Å². The van der Waals surface area contributed by atoms with Crippen molar-refractivity contribution in [2.24, 2.45) is 0 Å². The van der Waals surface area contributed by atoms with Gasteiger partial charge in [-0.3, -0.25) is 4.79 Å². The SMILES string of the molecule is CC(C)c1ccc(-c2csc(N3CC(=O)N(C)C3)n2)cc1. The van der Waals surface area contributed by atoms with Crippen LogP contribution in [0.3, 0.4) is 0 Å². The van der Waals surface area contributed by atoms with E-state index in [1.165, 1.54) is 5.56 Å². The third kappa shape index (κ3) is 2.78. The van der Waals surface area contributed by atoms with Crippen LogP contribution in [0.15, 0.2) is 29.6 Å². The Kier molecular flexibility index (Phi) is 3.68. The van der Waals surface area contributed by atoms with E-state index in [9.17, 15) is 4.79 Å². The van der Waals surface area contributed by atoms with Crippen molar-refractivity contribution in [3.8, 4) is 11.3 Å². The van der Waals surface area contributed by atoms with E-state index in [0.717, 1.165) is 16.4 Å². The number of anilines is 1. The summed E-state index contributed by atoms with van der Waals surface area (Å²) in [7, 11) is 1.82. The Balaban J connectivity index is 1.80. The highest BCUT2D eigenvalue weighted by atomic mass is 32.1. The van der Waals surface area contributed by atoms with Gasteiger partial charge in [-0.1, -0.05) is 38.1 Å². The van der Waals surface area contributed by atoms with Gasteiger partial charge in [0.15, 0.2) is 5.13 Å². The van der Waals surface area contributed by atoms with Crippen LogP contribution in [0.4, 0.5) is 5.13 Å². The van der Waals surface area contributed by atoms with E-state index >= 15 is 0 Å². The van der Waals surface area contributed by atoms with Gasteiger partial charge in [0.05, 0.1) is 12.4 Å². The molecule has 1 aromatic heterocycles. The summed E-state index contributed by atoms with van der Waals surface area (Å²) >= 11 is 1.59. The molecule has 0 aliphatic carbocycles. The normalized spacial score (nSPS) is 15.3. The molecule has 5 heteroatoms. The fourth-order valence-electron chi connectivity index (χ4n) is 2.38. The van der Waals surface area contributed by atoms with Crippen LogP contribution in [-0.4, -0.2) is 36.1 Å². The summed E-state index contributed by atoms with van der Waals surface area (Å²) in [6.45, 7) is 5.43. The van der Waals surface area contributed by atoms with E-state index in [-0.39, 0.29) is 5.91 Å². The minimum Gasteiger partial charge on any atom is -0.326 e. The van der Waals surface area contributed by atoms with Crippen molar-refractivity contribution in [1.82, 2.24) is 9.88 Å². The zero-order chi connectivity index (χ0) is 15.0. The second kappa shape index (κ2) is 5.48. The minimum atomic E-state index is 0.146. The highest BCUT2D eigenvalue weighted by Gasteiger charge is 2.26. The Hall–Kier alpha value is -1.88. The number of benzene rings is 1. The molecule has 3 rings (SSSR count). The van der Waals surface area contributed by atoms with Crippen LogP contribution in [-0.2, 0) is 4.79 Å². The van der Waals surface area contributed by atoms with E-state index in [2.05, 4.69) is 48.5 Å². The van der Waals surface area contributed by atoms with Gasteiger partial charge < -0.3 is 9.80 Å². The maximum Gasteiger partial charge on any atom is 0.243 e. The fourth-order valence-corrected chi connectivity index (χ4v) is 3.21. The summed E-state index contributed by atoms with van der Waals surface area (Å²) in [5.74, 6) is 0.684. The lowest BCUT2D eigenvalue weighted by Crippen LogP contribution is -2.22. The summed E-state index contributed by atoms with van der Waals surface area (Å²) in [5, 5.41) is 2.97. The molecule has 1 amide bonds. The summed E-state index contributed by atoms with van der Waals surface area (Å²) < 4.78 is 0. The topological polar surface area (TPSA) is 36.4 Å². The van der Waals surface area contributed by atoms with E-state index in [4.69, 9.17) is 0 Å². The van der Waals surface area contributed by atoms with Gasteiger partial charge in [-0.2, -0.15) is 0 Å². The molecule has 1 fully saturated rings. The predicted molar refractivity (Wildman–Crippen MR) is 86.6 cm³/mol. The summed E-state index contributed by atoms with van der Waals surface area (Å²) in [4.78, 5) is 20.0. The number of carbonyl (C=O) groups is 1. The molecule has 0 radical (unpaired) electrons. The van der Waals surface area contributed by atoms with Gasteiger partial charge in [-0.05, 0) is 11.5 Å². The Morgan fingerprint density at radius 2 is 1.95 bits per heavy atom. The van der Waals surface area contributed by atoms with E-state index in [1.54, 1.807) is 16.2 Å². The van der Waals surface area contributed by atoms with Crippen LogP contribution in [0.25, 0.3) is 11.3 Å². The molecule has 1 aliphatic heterocycles. The van der Waals surface area contributed by atoms with E-state index in [0.29, 0.717) is 19.1 Å². The molecule has 4 nitrogen and oxygen atoms in total.